The zero-order valence-corrected chi connectivity index (χ0v) is 12.2. The SMILES string of the molecule is Cc1cc(C)c(OCCOCC(C)(C)N)cc1C. The molecule has 0 heterocycles. The van der Waals surface area contributed by atoms with Crippen LogP contribution in [-0.4, -0.2) is 25.4 Å². The lowest BCUT2D eigenvalue weighted by atomic mass is 10.1. The number of ether oxygens (including phenoxy) is 2. The lowest BCUT2D eigenvalue weighted by Crippen LogP contribution is -2.37. The van der Waals surface area contributed by atoms with Crippen molar-refractivity contribution in [2.75, 3.05) is 19.8 Å². The number of hydrogen-bond acceptors (Lipinski definition) is 3. The second-order valence-electron chi connectivity index (χ2n) is 5.59. The fourth-order valence-electron chi connectivity index (χ4n) is 1.64. The van der Waals surface area contributed by atoms with Gasteiger partial charge in [-0.1, -0.05) is 6.07 Å². The maximum Gasteiger partial charge on any atom is 0.122 e. The van der Waals surface area contributed by atoms with Gasteiger partial charge in [0, 0.05) is 5.54 Å². The average molecular weight is 251 g/mol. The Balaban J connectivity index is 2.38. The van der Waals surface area contributed by atoms with Gasteiger partial charge in [-0.05, 0) is 57.4 Å². The third-order valence-corrected chi connectivity index (χ3v) is 2.75. The Morgan fingerprint density at radius 1 is 1.00 bits per heavy atom. The van der Waals surface area contributed by atoms with Crippen LogP contribution in [-0.2, 0) is 4.74 Å². The normalized spacial score (nSPS) is 11.7. The minimum atomic E-state index is -0.281. The Morgan fingerprint density at radius 3 is 2.22 bits per heavy atom. The summed E-state index contributed by atoms with van der Waals surface area (Å²) in [5.41, 5.74) is 9.25. The van der Waals surface area contributed by atoms with Crippen molar-refractivity contribution < 1.29 is 9.47 Å². The molecule has 1 rings (SSSR count). The molecule has 102 valence electrons. The number of rotatable bonds is 6. The molecule has 0 aromatic heterocycles. The summed E-state index contributed by atoms with van der Waals surface area (Å²) in [6.07, 6.45) is 0. The Labute approximate surface area is 110 Å². The lowest BCUT2D eigenvalue weighted by molar-refractivity contribution is 0.0722. The van der Waals surface area contributed by atoms with Crippen LogP contribution in [0.1, 0.15) is 30.5 Å². The van der Waals surface area contributed by atoms with Gasteiger partial charge in [0.05, 0.1) is 13.2 Å². The van der Waals surface area contributed by atoms with Gasteiger partial charge >= 0.3 is 0 Å². The molecule has 0 aliphatic heterocycles. The molecule has 1 aromatic rings. The summed E-state index contributed by atoms with van der Waals surface area (Å²) in [5, 5.41) is 0. The van der Waals surface area contributed by atoms with E-state index in [0.717, 1.165) is 11.3 Å². The molecule has 0 unspecified atom stereocenters. The lowest BCUT2D eigenvalue weighted by Gasteiger charge is -2.18. The van der Waals surface area contributed by atoms with Crippen LogP contribution >= 0.6 is 0 Å². The van der Waals surface area contributed by atoms with E-state index in [4.69, 9.17) is 15.2 Å². The number of aryl methyl sites for hydroxylation is 3. The second-order valence-corrected chi connectivity index (χ2v) is 5.59. The molecule has 0 aliphatic carbocycles. The van der Waals surface area contributed by atoms with Crippen LogP contribution in [0.5, 0.6) is 5.75 Å². The Hall–Kier alpha value is -1.06. The molecule has 3 heteroatoms. The van der Waals surface area contributed by atoms with E-state index in [1.165, 1.54) is 11.1 Å². The average Bonchev–Trinajstić information content (AvgIpc) is 2.23. The highest BCUT2D eigenvalue weighted by atomic mass is 16.5. The zero-order chi connectivity index (χ0) is 13.8. The second kappa shape index (κ2) is 6.21. The van der Waals surface area contributed by atoms with Crippen molar-refractivity contribution in [2.45, 2.75) is 40.2 Å². The summed E-state index contributed by atoms with van der Waals surface area (Å²) in [4.78, 5) is 0. The molecular formula is C15H25NO2. The molecule has 0 saturated heterocycles. The Bertz CT molecular complexity index is 394. The summed E-state index contributed by atoms with van der Waals surface area (Å²) >= 11 is 0. The van der Waals surface area contributed by atoms with Crippen LogP contribution in [0.15, 0.2) is 12.1 Å². The molecule has 1 aromatic carbocycles. The minimum absolute atomic E-state index is 0.281. The molecule has 0 aliphatic rings. The third kappa shape index (κ3) is 5.07. The van der Waals surface area contributed by atoms with Crippen molar-refractivity contribution in [3.63, 3.8) is 0 Å². The smallest absolute Gasteiger partial charge is 0.122 e. The minimum Gasteiger partial charge on any atom is -0.491 e. The van der Waals surface area contributed by atoms with E-state index in [1.54, 1.807) is 0 Å². The van der Waals surface area contributed by atoms with E-state index in [1.807, 2.05) is 13.8 Å². The van der Waals surface area contributed by atoms with Crippen LogP contribution in [0.4, 0.5) is 0 Å². The molecule has 0 spiro atoms. The quantitative estimate of drug-likeness (QED) is 0.791. The summed E-state index contributed by atoms with van der Waals surface area (Å²) in [7, 11) is 0. The number of benzene rings is 1. The molecule has 0 atom stereocenters. The van der Waals surface area contributed by atoms with Gasteiger partial charge in [-0.3, -0.25) is 0 Å². The summed E-state index contributed by atoms with van der Waals surface area (Å²) in [5.74, 6) is 0.939. The predicted molar refractivity (Wildman–Crippen MR) is 75.2 cm³/mol. The highest BCUT2D eigenvalue weighted by Gasteiger charge is 2.10. The summed E-state index contributed by atoms with van der Waals surface area (Å²) in [6, 6.07) is 4.23. The molecule has 0 saturated carbocycles. The summed E-state index contributed by atoms with van der Waals surface area (Å²) in [6.45, 7) is 11.8. The van der Waals surface area contributed by atoms with E-state index in [0.29, 0.717) is 19.8 Å². The van der Waals surface area contributed by atoms with Gasteiger partial charge < -0.3 is 15.2 Å². The van der Waals surface area contributed by atoms with Gasteiger partial charge in [0.25, 0.3) is 0 Å². The number of hydrogen-bond donors (Lipinski definition) is 1. The topological polar surface area (TPSA) is 44.5 Å². The molecule has 0 radical (unpaired) electrons. The van der Waals surface area contributed by atoms with E-state index in [-0.39, 0.29) is 5.54 Å². The maximum atomic E-state index is 5.82. The van der Waals surface area contributed by atoms with Crippen LogP contribution in [0.3, 0.4) is 0 Å². The first-order valence-electron chi connectivity index (χ1n) is 6.37. The number of nitrogens with two attached hydrogens (primary N) is 1. The molecule has 0 bridgehead atoms. The zero-order valence-electron chi connectivity index (χ0n) is 12.2. The van der Waals surface area contributed by atoms with Crippen molar-refractivity contribution in [3.05, 3.63) is 28.8 Å². The molecule has 3 nitrogen and oxygen atoms in total. The van der Waals surface area contributed by atoms with E-state index in [2.05, 4.69) is 32.9 Å². The van der Waals surface area contributed by atoms with Crippen LogP contribution in [0, 0.1) is 20.8 Å². The monoisotopic (exact) mass is 251 g/mol. The fourth-order valence-corrected chi connectivity index (χ4v) is 1.64. The standard InChI is InChI=1S/C15H25NO2/c1-11-8-13(3)14(9-12(11)2)18-7-6-17-10-15(4,5)16/h8-9H,6-7,10,16H2,1-5H3. The molecular weight excluding hydrogens is 226 g/mol. The predicted octanol–water partition coefficient (Wildman–Crippen LogP) is 2.74. The molecule has 18 heavy (non-hydrogen) atoms. The fraction of sp³-hybridized carbons (Fsp3) is 0.600. The van der Waals surface area contributed by atoms with Gasteiger partial charge in [0.1, 0.15) is 12.4 Å². The third-order valence-electron chi connectivity index (χ3n) is 2.75. The van der Waals surface area contributed by atoms with Crippen molar-refractivity contribution in [3.8, 4) is 5.75 Å². The highest BCUT2D eigenvalue weighted by molar-refractivity contribution is 5.40. The summed E-state index contributed by atoms with van der Waals surface area (Å²) < 4.78 is 11.2. The van der Waals surface area contributed by atoms with Crippen molar-refractivity contribution in [2.24, 2.45) is 5.73 Å². The maximum absolute atomic E-state index is 5.82. The van der Waals surface area contributed by atoms with Crippen molar-refractivity contribution >= 4 is 0 Å². The van der Waals surface area contributed by atoms with Gasteiger partial charge in [-0.2, -0.15) is 0 Å². The molecule has 0 amide bonds. The van der Waals surface area contributed by atoms with Crippen molar-refractivity contribution in [1.29, 1.82) is 0 Å². The van der Waals surface area contributed by atoms with Gasteiger partial charge in [-0.25, -0.2) is 0 Å². The van der Waals surface area contributed by atoms with Gasteiger partial charge in [0.2, 0.25) is 0 Å². The van der Waals surface area contributed by atoms with E-state index >= 15 is 0 Å². The van der Waals surface area contributed by atoms with Crippen LogP contribution in [0.2, 0.25) is 0 Å². The van der Waals surface area contributed by atoms with Crippen LogP contribution in [0.25, 0.3) is 0 Å². The molecule has 0 fully saturated rings. The van der Waals surface area contributed by atoms with E-state index in [9.17, 15) is 0 Å². The Kier molecular flexibility index (Phi) is 5.17. The first kappa shape index (κ1) is 15.0. The van der Waals surface area contributed by atoms with E-state index < -0.39 is 0 Å². The largest absolute Gasteiger partial charge is 0.491 e. The first-order valence-corrected chi connectivity index (χ1v) is 6.37. The van der Waals surface area contributed by atoms with Gasteiger partial charge in [0.15, 0.2) is 0 Å². The van der Waals surface area contributed by atoms with Gasteiger partial charge in [-0.15, -0.1) is 0 Å². The first-order chi connectivity index (χ1) is 8.29. The molecule has 2 N–H and O–H groups in total. The van der Waals surface area contributed by atoms with Crippen molar-refractivity contribution in [1.82, 2.24) is 0 Å². The highest BCUT2D eigenvalue weighted by Crippen LogP contribution is 2.22. The van der Waals surface area contributed by atoms with Crippen LogP contribution < -0.4 is 10.5 Å². The Morgan fingerprint density at radius 2 is 1.61 bits per heavy atom.